The molecule has 1 aromatic rings. The largest absolute Gasteiger partial charge is 0.396 e. The van der Waals surface area contributed by atoms with Crippen molar-refractivity contribution in [3.05, 3.63) is 17.3 Å². The number of hydrogen-bond donors (Lipinski definition) is 3. The number of aliphatic hydroxyl groups excluding tert-OH is 1. The van der Waals surface area contributed by atoms with E-state index in [2.05, 4.69) is 10.3 Å². The fraction of sp³-hybridized carbons (Fsp3) is 0.286. The first-order valence-corrected chi connectivity index (χ1v) is 3.88. The Bertz CT molecular complexity index is 267. The minimum atomic E-state index is 0.0354. The van der Waals surface area contributed by atoms with E-state index in [-0.39, 0.29) is 6.61 Å². The minimum Gasteiger partial charge on any atom is -0.396 e. The van der Waals surface area contributed by atoms with E-state index in [1.165, 1.54) is 0 Å². The molecule has 0 aliphatic carbocycles. The highest BCUT2D eigenvalue weighted by atomic mass is 35.5. The number of nitrogens with zero attached hydrogens (tertiary/aromatic N) is 1. The summed E-state index contributed by atoms with van der Waals surface area (Å²) in [5, 5.41) is 11.7. The number of nitrogen functional groups attached to an aromatic ring is 1. The summed E-state index contributed by atoms with van der Waals surface area (Å²) in [5.74, 6) is 0.511. The quantitative estimate of drug-likeness (QED) is 0.610. The van der Waals surface area contributed by atoms with Crippen LogP contribution in [0.2, 0.25) is 5.15 Å². The number of nitrogens with two attached hydrogens (primary N) is 1. The second kappa shape index (κ2) is 4.13. The van der Waals surface area contributed by atoms with Gasteiger partial charge in [0.25, 0.3) is 0 Å². The molecule has 12 heavy (non-hydrogen) atoms. The van der Waals surface area contributed by atoms with Crippen molar-refractivity contribution in [3.63, 3.8) is 0 Å². The maximum absolute atomic E-state index is 8.52. The van der Waals surface area contributed by atoms with Gasteiger partial charge < -0.3 is 16.2 Å². The molecule has 1 rings (SSSR count). The van der Waals surface area contributed by atoms with E-state index in [0.717, 1.165) is 0 Å². The van der Waals surface area contributed by atoms with Crippen LogP contribution in [0, 0.1) is 0 Å². The molecular weight excluding hydrogens is 178 g/mol. The summed E-state index contributed by atoms with van der Waals surface area (Å²) in [4.78, 5) is 3.93. The Labute approximate surface area is 75.4 Å². The molecule has 0 unspecified atom stereocenters. The van der Waals surface area contributed by atoms with Crippen LogP contribution in [0.3, 0.4) is 0 Å². The standard InChI is InChI=1S/C7H10ClN3O/c8-6-2-1-5(9)7(11-6)10-3-4-12/h1-2,12H,3-4,9H2,(H,10,11). The zero-order valence-corrected chi connectivity index (χ0v) is 7.17. The van der Waals surface area contributed by atoms with Crippen molar-refractivity contribution < 1.29 is 5.11 Å². The van der Waals surface area contributed by atoms with Crippen molar-refractivity contribution in [2.24, 2.45) is 0 Å². The molecule has 0 aliphatic rings. The highest BCUT2D eigenvalue weighted by molar-refractivity contribution is 6.29. The molecule has 4 nitrogen and oxygen atoms in total. The molecule has 0 amide bonds. The Morgan fingerprint density at radius 1 is 1.58 bits per heavy atom. The van der Waals surface area contributed by atoms with Gasteiger partial charge in [0.2, 0.25) is 0 Å². The van der Waals surface area contributed by atoms with E-state index >= 15 is 0 Å². The van der Waals surface area contributed by atoms with Gasteiger partial charge in [0.05, 0.1) is 12.3 Å². The number of halogens is 1. The van der Waals surface area contributed by atoms with Crippen molar-refractivity contribution in [1.82, 2.24) is 4.98 Å². The first-order chi connectivity index (χ1) is 5.74. The number of aromatic nitrogens is 1. The second-order valence-corrected chi connectivity index (χ2v) is 2.61. The number of hydrogen-bond acceptors (Lipinski definition) is 4. The van der Waals surface area contributed by atoms with E-state index in [1.807, 2.05) is 0 Å². The van der Waals surface area contributed by atoms with Crippen molar-refractivity contribution in [1.29, 1.82) is 0 Å². The smallest absolute Gasteiger partial charge is 0.151 e. The normalized spacial score (nSPS) is 9.83. The van der Waals surface area contributed by atoms with Gasteiger partial charge in [0, 0.05) is 6.54 Å². The SMILES string of the molecule is Nc1ccc(Cl)nc1NCCO. The molecular formula is C7H10ClN3O. The molecule has 0 fully saturated rings. The molecule has 0 spiro atoms. The summed E-state index contributed by atoms with van der Waals surface area (Å²) in [6.07, 6.45) is 0. The number of aliphatic hydroxyl groups is 1. The average Bonchev–Trinajstić information content (AvgIpc) is 2.07. The van der Waals surface area contributed by atoms with Crippen LogP contribution < -0.4 is 11.1 Å². The zero-order valence-electron chi connectivity index (χ0n) is 6.42. The molecule has 0 bridgehead atoms. The van der Waals surface area contributed by atoms with Gasteiger partial charge in [-0.1, -0.05) is 11.6 Å². The second-order valence-electron chi connectivity index (χ2n) is 2.22. The molecule has 0 aliphatic heterocycles. The van der Waals surface area contributed by atoms with Crippen molar-refractivity contribution in [2.45, 2.75) is 0 Å². The third-order valence-corrected chi connectivity index (χ3v) is 1.51. The van der Waals surface area contributed by atoms with Crippen LogP contribution in [-0.2, 0) is 0 Å². The lowest BCUT2D eigenvalue weighted by atomic mass is 10.4. The maximum Gasteiger partial charge on any atom is 0.151 e. The van der Waals surface area contributed by atoms with Gasteiger partial charge in [-0.25, -0.2) is 4.98 Å². The van der Waals surface area contributed by atoms with Crippen LogP contribution in [0.25, 0.3) is 0 Å². The van der Waals surface area contributed by atoms with E-state index in [9.17, 15) is 0 Å². The minimum absolute atomic E-state index is 0.0354. The Hall–Kier alpha value is -1.00. The summed E-state index contributed by atoms with van der Waals surface area (Å²) in [7, 11) is 0. The lowest BCUT2D eigenvalue weighted by molar-refractivity contribution is 0.311. The molecule has 66 valence electrons. The Morgan fingerprint density at radius 3 is 3.00 bits per heavy atom. The summed E-state index contributed by atoms with van der Waals surface area (Å²) in [6.45, 7) is 0.450. The van der Waals surface area contributed by atoms with E-state index in [1.54, 1.807) is 12.1 Å². The van der Waals surface area contributed by atoms with Crippen LogP contribution in [-0.4, -0.2) is 23.2 Å². The molecule has 0 atom stereocenters. The van der Waals surface area contributed by atoms with Gasteiger partial charge in [0.15, 0.2) is 5.82 Å². The highest BCUT2D eigenvalue weighted by Crippen LogP contribution is 2.17. The Kier molecular flexibility index (Phi) is 3.13. The zero-order chi connectivity index (χ0) is 8.97. The Balaban J connectivity index is 2.75. The van der Waals surface area contributed by atoms with Crippen LogP contribution in [0.1, 0.15) is 0 Å². The van der Waals surface area contributed by atoms with Crippen LogP contribution in [0.15, 0.2) is 12.1 Å². The molecule has 0 radical (unpaired) electrons. The van der Waals surface area contributed by atoms with E-state index < -0.39 is 0 Å². The summed E-state index contributed by atoms with van der Waals surface area (Å²) >= 11 is 5.63. The van der Waals surface area contributed by atoms with Crippen molar-refractivity contribution in [2.75, 3.05) is 24.2 Å². The van der Waals surface area contributed by atoms with Gasteiger partial charge in [-0.3, -0.25) is 0 Å². The summed E-state index contributed by atoms with van der Waals surface area (Å²) in [5.41, 5.74) is 6.09. The third kappa shape index (κ3) is 2.25. The average molecular weight is 188 g/mol. The summed E-state index contributed by atoms with van der Waals surface area (Å²) < 4.78 is 0. The predicted molar refractivity (Wildman–Crippen MR) is 49.2 cm³/mol. The monoisotopic (exact) mass is 187 g/mol. The first-order valence-electron chi connectivity index (χ1n) is 3.51. The topological polar surface area (TPSA) is 71.2 Å². The maximum atomic E-state index is 8.52. The molecule has 0 saturated carbocycles. The van der Waals surface area contributed by atoms with Crippen molar-refractivity contribution >= 4 is 23.1 Å². The molecule has 1 heterocycles. The predicted octanol–water partition coefficient (Wildman–Crippen LogP) is 0.721. The van der Waals surface area contributed by atoms with Crippen LogP contribution in [0.4, 0.5) is 11.5 Å². The summed E-state index contributed by atoms with van der Waals surface area (Å²) in [6, 6.07) is 3.27. The lowest BCUT2D eigenvalue weighted by Gasteiger charge is -2.05. The first kappa shape index (κ1) is 9.09. The highest BCUT2D eigenvalue weighted by Gasteiger charge is 1.99. The third-order valence-electron chi connectivity index (χ3n) is 1.30. The van der Waals surface area contributed by atoms with Gasteiger partial charge in [-0.05, 0) is 12.1 Å². The molecule has 0 saturated heterocycles. The number of pyridine rings is 1. The van der Waals surface area contributed by atoms with Crippen molar-refractivity contribution in [3.8, 4) is 0 Å². The van der Waals surface area contributed by atoms with Crippen LogP contribution >= 0.6 is 11.6 Å². The van der Waals surface area contributed by atoms with Crippen LogP contribution in [0.5, 0.6) is 0 Å². The number of nitrogens with one attached hydrogen (secondary N) is 1. The van der Waals surface area contributed by atoms with Gasteiger partial charge >= 0.3 is 0 Å². The van der Waals surface area contributed by atoms with Gasteiger partial charge in [-0.15, -0.1) is 0 Å². The number of anilines is 2. The molecule has 1 aromatic heterocycles. The van der Waals surface area contributed by atoms with E-state index in [4.69, 9.17) is 22.4 Å². The Morgan fingerprint density at radius 2 is 2.33 bits per heavy atom. The fourth-order valence-corrected chi connectivity index (χ4v) is 0.910. The van der Waals surface area contributed by atoms with Gasteiger partial charge in [0.1, 0.15) is 5.15 Å². The lowest BCUT2D eigenvalue weighted by Crippen LogP contribution is -2.08. The molecule has 0 aromatic carbocycles. The number of rotatable bonds is 3. The molecule has 4 N–H and O–H groups in total. The fourth-order valence-electron chi connectivity index (χ4n) is 0.762. The molecule has 5 heteroatoms. The van der Waals surface area contributed by atoms with Gasteiger partial charge in [-0.2, -0.15) is 0 Å². The van der Waals surface area contributed by atoms with E-state index in [0.29, 0.717) is 23.2 Å².